The minimum absolute atomic E-state index is 0.00366. The molecule has 1 amide bonds. The first-order valence-corrected chi connectivity index (χ1v) is 6.98. The molecule has 104 valence electrons. The molecule has 20 heavy (non-hydrogen) atoms. The van der Waals surface area contributed by atoms with Crippen molar-refractivity contribution in [3.63, 3.8) is 0 Å². The second-order valence-electron chi connectivity index (χ2n) is 4.90. The van der Waals surface area contributed by atoms with E-state index in [4.69, 9.17) is 0 Å². The zero-order valence-electron chi connectivity index (χ0n) is 12.0. The molecule has 2 rings (SSSR count). The summed E-state index contributed by atoms with van der Waals surface area (Å²) in [5.41, 5.74) is 2.33. The Bertz CT molecular complexity index is 566. The summed E-state index contributed by atoms with van der Waals surface area (Å²) >= 11 is 0. The quantitative estimate of drug-likeness (QED) is 0.830. The Morgan fingerprint density at radius 2 is 1.85 bits per heavy atom. The van der Waals surface area contributed by atoms with Crippen molar-refractivity contribution in [3.8, 4) is 0 Å². The summed E-state index contributed by atoms with van der Waals surface area (Å²) in [5, 5.41) is 3.11. The van der Waals surface area contributed by atoms with Crippen molar-refractivity contribution in [2.24, 2.45) is 7.05 Å². The number of pyridine rings is 1. The van der Waals surface area contributed by atoms with Crippen LogP contribution in [0.4, 0.5) is 0 Å². The summed E-state index contributed by atoms with van der Waals surface area (Å²) in [6, 6.07) is 16.3. The third kappa shape index (κ3) is 3.67. The minimum atomic E-state index is -0.00366. The van der Waals surface area contributed by atoms with Crippen molar-refractivity contribution in [3.05, 3.63) is 66.0 Å². The van der Waals surface area contributed by atoms with Gasteiger partial charge in [0.25, 0.3) is 0 Å². The van der Waals surface area contributed by atoms with Gasteiger partial charge in [0, 0.05) is 25.0 Å². The van der Waals surface area contributed by atoms with Gasteiger partial charge in [-0.2, -0.15) is 0 Å². The first-order chi connectivity index (χ1) is 9.70. The van der Waals surface area contributed by atoms with E-state index >= 15 is 0 Å². The molecule has 0 aliphatic rings. The van der Waals surface area contributed by atoms with E-state index in [1.807, 2.05) is 50.5 Å². The molecule has 1 aromatic heterocycles. The Morgan fingerprint density at radius 1 is 1.15 bits per heavy atom. The molecule has 1 heterocycles. The van der Waals surface area contributed by atoms with Gasteiger partial charge in [0.1, 0.15) is 13.1 Å². The van der Waals surface area contributed by atoms with E-state index < -0.39 is 0 Å². The van der Waals surface area contributed by atoms with Gasteiger partial charge in [-0.3, -0.25) is 4.79 Å². The van der Waals surface area contributed by atoms with Gasteiger partial charge in [0.05, 0.1) is 0 Å². The number of rotatable bonds is 5. The number of benzene rings is 1. The Morgan fingerprint density at radius 3 is 2.50 bits per heavy atom. The number of carbonyl (C=O) groups excluding carboxylic acids is 1. The molecule has 0 saturated heterocycles. The van der Waals surface area contributed by atoms with Crippen molar-refractivity contribution in [2.75, 3.05) is 0 Å². The molecule has 0 spiro atoms. The fraction of sp³-hybridized carbons (Fsp3) is 0.294. The van der Waals surface area contributed by atoms with E-state index in [1.165, 1.54) is 5.56 Å². The van der Waals surface area contributed by atoms with Crippen molar-refractivity contribution in [1.29, 1.82) is 0 Å². The fourth-order valence-corrected chi connectivity index (χ4v) is 2.27. The van der Waals surface area contributed by atoms with Crippen LogP contribution in [0, 0.1) is 0 Å². The average Bonchev–Trinajstić information content (AvgIpc) is 2.48. The van der Waals surface area contributed by atoms with Gasteiger partial charge in [-0.1, -0.05) is 43.3 Å². The maximum atomic E-state index is 11.8. The summed E-state index contributed by atoms with van der Waals surface area (Å²) in [6.45, 7) is 1.87. The Kier molecular flexibility index (Phi) is 4.88. The lowest BCUT2D eigenvalue weighted by molar-refractivity contribution is -0.680. The normalized spacial score (nSPS) is 11.9. The molecule has 1 N–H and O–H groups in total. The van der Waals surface area contributed by atoms with Crippen LogP contribution < -0.4 is 9.88 Å². The van der Waals surface area contributed by atoms with Crippen LogP contribution in [0.25, 0.3) is 0 Å². The number of nitrogens with one attached hydrogen (secondary N) is 1. The first-order valence-electron chi connectivity index (χ1n) is 6.98. The maximum absolute atomic E-state index is 11.8. The molecular formula is C17H21N2O+. The third-order valence-corrected chi connectivity index (χ3v) is 3.39. The Labute approximate surface area is 120 Å². The smallest absolute Gasteiger partial charge is 0.220 e. The minimum Gasteiger partial charge on any atom is -0.343 e. The molecule has 3 nitrogen and oxygen atoms in total. The summed E-state index contributed by atoms with van der Waals surface area (Å²) in [5.74, 6) is 0.0785. The second-order valence-corrected chi connectivity index (χ2v) is 4.90. The third-order valence-electron chi connectivity index (χ3n) is 3.39. The van der Waals surface area contributed by atoms with Gasteiger partial charge in [0.15, 0.2) is 6.20 Å². The summed E-state index contributed by atoms with van der Waals surface area (Å²) in [6.07, 6.45) is 3.30. The molecule has 1 aromatic carbocycles. The van der Waals surface area contributed by atoms with Gasteiger partial charge in [0.2, 0.25) is 11.6 Å². The van der Waals surface area contributed by atoms with Crippen LogP contribution in [0.5, 0.6) is 0 Å². The summed E-state index contributed by atoms with van der Waals surface area (Å²) < 4.78 is 2.06. The summed E-state index contributed by atoms with van der Waals surface area (Å²) in [4.78, 5) is 11.8. The van der Waals surface area contributed by atoms with Gasteiger partial charge in [-0.15, -0.1) is 0 Å². The molecule has 1 unspecified atom stereocenters. The highest BCUT2D eigenvalue weighted by atomic mass is 16.1. The predicted molar refractivity (Wildman–Crippen MR) is 78.9 cm³/mol. The molecule has 2 aromatic rings. The molecule has 0 bridgehead atoms. The van der Waals surface area contributed by atoms with Crippen molar-refractivity contribution >= 4 is 5.91 Å². The molecule has 3 heteroatoms. The number of nitrogens with zero attached hydrogens (tertiary/aromatic N) is 1. The Balaban J connectivity index is 2.25. The standard InChI is InChI=1S/C17H20N2O/c1-3-17(20)18-15(13-14-9-5-4-6-10-14)16-11-7-8-12-19(16)2/h4-12,15H,3,13H2,1-2H3/p+1. The van der Waals surface area contributed by atoms with E-state index in [9.17, 15) is 4.79 Å². The summed E-state index contributed by atoms with van der Waals surface area (Å²) in [7, 11) is 2.01. The van der Waals surface area contributed by atoms with Crippen molar-refractivity contribution in [2.45, 2.75) is 25.8 Å². The van der Waals surface area contributed by atoms with Crippen LogP contribution in [0.3, 0.4) is 0 Å². The molecule has 0 fully saturated rings. The van der Waals surface area contributed by atoms with E-state index in [1.54, 1.807) is 0 Å². The number of carbonyl (C=O) groups is 1. The van der Waals surface area contributed by atoms with E-state index in [0.717, 1.165) is 12.1 Å². The SMILES string of the molecule is CCC(=O)NC(Cc1ccccc1)c1cccc[n+]1C. The van der Waals surface area contributed by atoms with Crippen LogP contribution in [-0.2, 0) is 18.3 Å². The zero-order valence-corrected chi connectivity index (χ0v) is 12.0. The lowest BCUT2D eigenvalue weighted by Gasteiger charge is -2.16. The van der Waals surface area contributed by atoms with E-state index in [2.05, 4.69) is 28.1 Å². The number of hydrogen-bond donors (Lipinski definition) is 1. The largest absolute Gasteiger partial charge is 0.343 e. The predicted octanol–water partition coefficient (Wildman–Crippen LogP) is 2.32. The number of hydrogen-bond acceptors (Lipinski definition) is 1. The average molecular weight is 269 g/mol. The highest BCUT2D eigenvalue weighted by molar-refractivity contribution is 5.75. The number of aromatic nitrogens is 1. The highest BCUT2D eigenvalue weighted by Crippen LogP contribution is 2.15. The second kappa shape index (κ2) is 6.85. The van der Waals surface area contributed by atoms with Crippen LogP contribution >= 0.6 is 0 Å². The van der Waals surface area contributed by atoms with Crippen LogP contribution in [0.2, 0.25) is 0 Å². The van der Waals surface area contributed by atoms with Gasteiger partial charge in [-0.05, 0) is 5.56 Å². The molecule has 1 atom stereocenters. The molecular weight excluding hydrogens is 248 g/mol. The van der Waals surface area contributed by atoms with Gasteiger partial charge >= 0.3 is 0 Å². The lowest BCUT2D eigenvalue weighted by atomic mass is 10.0. The topological polar surface area (TPSA) is 33.0 Å². The maximum Gasteiger partial charge on any atom is 0.220 e. The van der Waals surface area contributed by atoms with Crippen LogP contribution in [0.1, 0.15) is 30.6 Å². The van der Waals surface area contributed by atoms with Crippen LogP contribution in [0.15, 0.2) is 54.7 Å². The molecule has 0 aliphatic carbocycles. The van der Waals surface area contributed by atoms with Gasteiger partial charge < -0.3 is 5.32 Å². The molecule has 0 radical (unpaired) electrons. The van der Waals surface area contributed by atoms with E-state index in [0.29, 0.717) is 6.42 Å². The monoisotopic (exact) mass is 269 g/mol. The number of aryl methyl sites for hydroxylation is 1. The Hall–Kier alpha value is -2.16. The van der Waals surface area contributed by atoms with Gasteiger partial charge in [-0.25, -0.2) is 4.57 Å². The zero-order chi connectivity index (χ0) is 14.4. The lowest BCUT2D eigenvalue weighted by Crippen LogP contribution is -2.41. The van der Waals surface area contributed by atoms with E-state index in [-0.39, 0.29) is 11.9 Å². The van der Waals surface area contributed by atoms with Crippen molar-refractivity contribution < 1.29 is 9.36 Å². The van der Waals surface area contributed by atoms with Crippen molar-refractivity contribution in [1.82, 2.24) is 5.32 Å². The fourth-order valence-electron chi connectivity index (χ4n) is 2.27. The molecule has 0 saturated carbocycles. The highest BCUT2D eigenvalue weighted by Gasteiger charge is 2.21. The molecule has 0 aliphatic heterocycles. The van der Waals surface area contributed by atoms with Crippen LogP contribution in [-0.4, -0.2) is 5.91 Å². The first kappa shape index (κ1) is 14.3. The number of amides is 1.